The van der Waals surface area contributed by atoms with E-state index in [1.807, 2.05) is 6.20 Å². The van der Waals surface area contributed by atoms with Crippen LogP contribution in [0, 0.1) is 0 Å². The van der Waals surface area contributed by atoms with E-state index in [2.05, 4.69) is 72.8 Å². The average Bonchev–Trinajstić information content (AvgIpc) is 3.17. The van der Waals surface area contributed by atoms with Gasteiger partial charge in [0.15, 0.2) is 11.5 Å². The Kier molecular flexibility index (Phi) is 4.53. The van der Waals surface area contributed by atoms with Crippen molar-refractivity contribution in [3.63, 3.8) is 0 Å². The lowest BCUT2D eigenvalue weighted by Gasteiger charge is -2.38. The molecule has 0 saturated heterocycles. The molecule has 28 heavy (non-hydrogen) atoms. The first-order valence-corrected chi connectivity index (χ1v) is 9.57. The van der Waals surface area contributed by atoms with E-state index >= 15 is 0 Å². The third kappa shape index (κ3) is 2.82. The first-order chi connectivity index (χ1) is 13.5. The molecule has 146 valence electrons. The van der Waals surface area contributed by atoms with E-state index in [1.165, 1.54) is 11.1 Å². The molecule has 0 radical (unpaired) electrons. The molecule has 2 heterocycles. The van der Waals surface area contributed by atoms with Crippen molar-refractivity contribution in [3.05, 3.63) is 59.8 Å². The molecule has 0 atom stereocenters. The van der Waals surface area contributed by atoms with Crippen LogP contribution in [-0.2, 0) is 18.5 Å². The second kappa shape index (κ2) is 6.89. The highest BCUT2D eigenvalue weighted by atomic mass is 16.5. The fourth-order valence-electron chi connectivity index (χ4n) is 3.96. The van der Waals surface area contributed by atoms with Crippen LogP contribution in [0.25, 0.3) is 11.3 Å². The summed E-state index contributed by atoms with van der Waals surface area (Å²) in [5, 5.41) is 0. The quantitative estimate of drug-likeness (QED) is 0.657. The predicted octanol–water partition coefficient (Wildman–Crippen LogP) is 4.49. The number of fused-ring (bicyclic) bond motifs is 3. The zero-order valence-corrected chi connectivity index (χ0v) is 17.2. The van der Waals surface area contributed by atoms with E-state index in [0.29, 0.717) is 0 Å². The highest BCUT2D eigenvalue weighted by Gasteiger charge is 2.31. The van der Waals surface area contributed by atoms with Crippen LogP contribution in [0.3, 0.4) is 0 Å². The van der Waals surface area contributed by atoms with Crippen molar-refractivity contribution in [1.29, 1.82) is 0 Å². The number of imidazole rings is 1. The smallest absolute Gasteiger partial charge is 0.206 e. The SMILES string of the molecule is COc1cc2c(cc1OC)-c1cnc(N(C)C(C)(C)c3ccccc3)n1CC2. The van der Waals surface area contributed by atoms with E-state index in [4.69, 9.17) is 14.5 Å². The molecule has 0 amide bonds. The summed E-state index contributed by atoms with van der Waals surface area (Å²) in [5.74, 6) is 2.50. The predicted molar refractivity (Wildman–Crippen MR) is 112 cm³/mol. The van der Waals surface area contributed by atoms with Crippen molar-refractivity contribution in [3.8, 4) is 22.8 Å². The lowest BCUT2D eigenvalue weighted by molar-refractivity contribution is 0.354. The Morgan fingerprint density at radius 2 is 1.71 bits per heavy atom. The van der Waals surface area contributed by atoms with E-state index < -0.39 is 0 Å². The molecular formula is C23H27N3O2. The number of ether oxygens (including phenoxy) is 2. The molecular weight excluding hydrogens is 350 g/mol. The van der Waals surface area contributed by atoms with E-state index in [0.717, 1.165) is 41.7 Å². The van der Waals surface area contributed by atoms with E-state index in [-0.39, 0.29) is 5.54 Å². The summed E-state index contributed by atoms with van der Waals surface area (Å²) >= 11 is 0. The molecule has 0 saturated carbocycles. The monoisotopic (exact) mass is 377 g/mol. The largest absolute Gasteiger partial charge is 0.493 e. The molecule has 4 rings (SSSR count). The van der Waals surface area contributed by atoms with E-state index in [9.17, 15) is 0 Å². The summed E-state index contributed by atoms with van der Waals surface area (Å²) in [6.45, 7) is 5.35. The molecule has 0 bridgehead atoms. The third-order valence-corrected chi connectivity index (χ3v) is 5.94. The van der Waals surface area contributed by atoms with Gasteiger partial charge in [0.25, 0.3) is 0 Å². The minimum absolute atomic E-state index is 0.179. The van der Waals surface area contributed by atoms with Crippen LogP contribution >= 0.6 is 0 Å². The molecule has 0 aliphatic carbocycles. The highest BCUT2D eigenvalue weighted by molar-refractivity contribution is 5.71. The molecule has 5 nitrogen and oxygen atoms in total. The van der Waals surface area contributed by atoms with Crippen molar-refractivity contribution >= 4 is 5.95 Å². The fraction of sp³-hybridized carbons (Fsp3) is 0.348. The topological polar surface area (TPSA) is 39.5 Å². The minimum Gasteiger partial charge on any atom is -0.493 e. The number of methoxy groups -OCH3 is 2. The molecule has 2 aromatic carbocycles. The van der Waals surface area contributed by atoms with Crippen LogP contribution in [0.2, 0.25) is 0 Å². The van der Waals surface area contributed by atoms with Gasteiger partial charge in [-0.25, -0.2) is 4.98 Å². The van der Waals surface area contributed by atoms with Crippen LogP contribution in [-0.4, -0.2) is 30.8 Å². The van der Waals surface area contributed by atoms with Crippen LogP contribution in [0.4, 0.5) is 5.95 Å². The molecule has 1 aromatic heterocycles. The Bertz CT molecular complexity index is 993. The Labute approximate surface area is 166 Å². The molecule has 5 heteroatoms. The summed E-state index contributed by atoms with van der Waals surface area (Å²) in [5.41, 5.74) is 4.63. The van der Waals surface area contributed by atoms with Gasteiger partial charge >= 0.3 is 0 Å². The summed E-state index contributed by atoms with van der Waals surface area (Å²) in [4.78, 5) is 7.06. The maximum Gasteiger partial charge on any atom is 0.206 e. The van der Waals surface area contributed by atoms with Crippen LogP contribution in [0.1, 0.15) is 25.0 Å². The number of aromatic nitrogens is 2. The summed E-state index contributed by atoms with van der Waals surface area (Å²) in [6.07, 6.45) is 2.91. The minimum atomic E-state index is -0.179. The molecule has 0 unspecified atom stereocenters. The lowest BCUT2D eigenvalue weighted by atomic mass is 9.93. The van der Waals surface area contributed by atoms with Gasteiger partial charge in [0.1, 0.15) is 0 Å². The Morgan fingerprint density at radius 3 is 2.39 bits per heavy atom. The van der Waals surface area contributed by atoms with Crippen LogP contribution < -0.4 is 14.4 Å². The van der Waals surface area contributed by atoms with E-state index in [1.54, 1.807) is 14.2 Å². The van der Waals surface area contributed by atoms with Gasteiger partial charge in [-0.15, -0.1) is 0 Å². The van der Waals surface area contributed by atoms with Gasteiger partial charge < -0.3 is 18.9 Å². The molecule has 0 spiro atoms. The van der Waals surface area contributed by atoms with Gasteiger partial charge in [-0.05, 0) is 43.5 Å². The second-order valence-electron chi connectivity index (χ2n) is 7.69. The molecule has 1 aliphatic rings. The average molecular weight is 377 g/mol. The number of rotatable bonds is 5. The zero-order chi connectivity index (χ0) is 19.9. The maximum atomic E-state index is 5.52. The molecule has 0 fully saturated rings. The van der Waals surface area contributed by atoms with Crippen molar-refractivity contribution < 1.29 is 9.47 Å². The lowest BCUT2D eigenvalue weighted by Crippen LogP contribution is -2.40. The molecule has 0 N–H and O–H groups in total. The number of benzene rings is 2. The zero-order valence-electron chi connectivity index (χ0n) is 17.2. The number of hydrogen-bond acceptors (Lipinski definition) is 4. The number of nitrogens with zero attached hydrogens (tertiary/aromatic N) is 3. The van der Waals surface area contributed by atoms with Crippen molar-refractivity contribution in [2.45, 2.75) is 32.4 Å². The van der Waals surface area contributed by atoms with Gasteiger partial charge in [-0.3, -0.25) is 0 Å². The summed E-state index contributed by atoms with van der Waals surface area (Å²) < 4.78 is 13.3. The normalized spacial score (nSPS) is 12.9. The maximum absolute atomic E-state index is 5.52. The van der Waals surface area contributed by atoms with Crippen LogP contribution in [0.15, 0.2) is 48.7 Å². The van der Waals surface area contributed by atoms with Crippen LogP contribution in [0.5, 0.6) is 11.5 Å². The molecule has 3 aromatic rings. The first kappa shape index (κ1) is 18.4. The number of aryl methyl sites for hydroxylation is 1. The second-order valence-corrected chi connectivity index (χ2v) is 7.69. The first-order valence-electron chi connectivity index (χ1n) is 9.57. The van der Waals surface area contributed by atoms with Crippen molar-refractivity contribution in [2.24, 2.45) is 0 Å². The van der Waals surface area contributed by atoms with Gasteiger partial charge in [0.2, 0.25) is 5.95 Å². The Morgan fingerprint density at radius 1 is 1.04 bits per heavy atom. The van der Waals surface area contributed by atoms with Gasteiger partial charge in [0, 0.05) is 19.2 Å². The fourth-order valence-corrected chi connectivity index (χ4v) is 3.96. The highest BCUT2D eigenvalue weighted by Crippen LogP contribution is 2.41. The third-order valence-electron chi connectivity index (χ3n) is 5.94. The van der Waals surface area contributed by atoms with Gasteiger partial charge in [0.05, 0.1) is 31.6 Å². The summed E-state index contributed by atoms with van der Waals surface area (Å²) in [6, 6.07) is 14.7. The van der Waals surface area contributed by atoms with Crippen molar-refractivity contribution in [2.75, 3.05) is 26.2 Å². The molecule has 1 aliphatic heterocycles. The standard InChI is InChI=1S/C23H27N3O2/c1-23(2,17-9-7-6-8-10-17)25(3)22-24-15-19-18-14-21(28-5)20(27-4)13-16(18)11-12-26(19)22/h6-10,13-15H,11-12H2,1-5H3. The number of anilines is 1. The Hall–Kier alpha value is -2.95. The van der Waals surface area contributed by atoms with Crippen molar-refractivity contribution in [1.82, 2.24) is 9.55 Å². The number of hydrogen-bond donors (Lipinski definition) is 0. The summed E-state index contributed by atoms with van der Waals surface area (Å²) in [7, 11) is 5.47. The van der Waals surface area contributed by atoms with Gasteiger partial charge in [-0.2, -0.15) is 0 Å². The van der Waals surface area contributed by atoms with Gasteiger partial charge in [-0.1, -0.05) is 30.3 Å². The Balaban J connectivity index is 1.76.